The number of benzene rings is 1. The number of likely N-dealkylation sites (tertiary alicyclic amines) is 1. The second-order valence-corrected chi connectivity index (χ2v) is 6.47. The largest absolute Gasteiger partial charge is 0.507 e. The normalized spacial score (nSPS) is 18.1. The van der Waals surface area contributed by atoms with E-state index in [1.54, 1.807) is 42.5 Å². The van der Waals surface area contributed by atoms with E-state index < -0.39 is 23.7 Å². The standard InChI is InChI=1S/C21H20N2O6/c1-29-14-9-7-13(8-10-14)19(26)17-18(15-5-2-3-11-22-15)23(21(28)20(17)27)12-4-6-16(24)25/h2-3,5,7-11,18,26H,4,6,12H2,1H3,(H,24,25). The Kier molecular flexibility index (Phi) is 5.92. The maximum atomic E-state index is 12.8. The van der Waals surface area contributed by atoms with Crippen molar-refractivity contribution < 1.29 is 29.3 Å². The molecular formula is C21H20N2O6. The monoisotopic (exact) mass is 396 g/mol. The molecule has 1 unspecified atom stereocenters. The van der Waals surface area contributed by atoms with E-state index in [0.717, 1.165) is 0 Å². The molecule has 0 saturated carbocycles. The molecule has 1 amide bonds. The highest BCUT2D eigenvalue weighted by molar-refractivity contribution is 6.46. The van der Waals surface area contributed by atoms with Crippen LogP contribution in [0, 0.1) is 0 Å². The van der Waals surface area contributed by atoms with Crippen LogP contribution in [0.15, 0.2) is 54.2 Å². The summed E-state index contributed by atoms with van der Waals surface area (Å²) >= 11 is 0. The van der Waals surface area contributed by atoms with E-state index >= 15 is 0 Å². The lowest BCUT2D eigenvalue weighted by atomic mass is 9.98. The molecular weight excluding hydrogens is 376 g/mol. The molecule has 1 aliphatic rings. The first-order valence-corrected chi connectivity index (χ1v) is 8.99. The van der Waals surface area contributed by atoms with E-state index in [-0.39, 0.29) is 30.7 Å². The smallest absolute Gasteiger partial charge is 0.303 e. The van der Waals surface area contributed by atoms with Crippen molar-refractivity contribution >= 4 is 23.4 Å². The van der Waals surface area contributed by atoms with Gasteiger partial charge in [-0.3, -0.25) is 19.4 Å². The molecule has 3 rings (SSSR count). The number of rotatable bonds is 7. The highest BCUT2D eigenvalue weighted by atomic mass is 16.5. The molecule has 1 fully saturated rings. The molecule has 0 radical (unpaired) electrons. The number of carboxylic acid groups (broad SMARTS) is 1. The van der Waals surface area contributed by atoms with E-state index in [4.69, 9.17) is 9.84 Å². The zero-order valence-electron chi connectivity index (χ0n) is 15.7. The molecule has 1 aliphatic heterocycles. The summed E-state index contributed by atoms with van der Waals surface area (Å²) in [5.41, 5.74) is 0.696. The second kappa shape index (κ2) is 8.55. The van der Waals surface area contributed by atoms with Crippen LogP contribution >= 0.6 is 0 Å². The van der Waals surface area contributed by atoms with E-state index in [9.17, 15) is 19.5 Å². The van der Waals surface area contributed by atoms with Crippen LogP contribution in [0.2, 0.25) is 0 Å². The van der Waals surface area contributed by atoms with Crippen LogP contribution in [0.3, 0.4) is 0 Å². The number of hydrogen-bond acceptors (Lipinski definition) is 6. The molecule has 0 spiro atoms. The number of amides is 1. The van der Waals surface area contributed by atoms with Crippen LogP contribution in [-0.4, -0.2) is 51.4 Å². The van der Waals surface area contributed by atoms with Gasteiger partial charge in [-0.2, -0.15) is 0 Å². The maximum absolute atomic E-state index is 12.8. The van der Waals surface area contributed by atoms with Gasteiger partial charge in [0.25, 0.3) is 11.7 Å². The maximum Gasteiger partial charge on any atom is 0.303 e. The average Bonchev–Trinajstić information content (AvgIpc) is 2.98. The first kappa shape index (κ1) is 20.1. The predicted octanol–water partition coefficient (Wildman–Crippen LogP) is 2.38. The van der Waals surface area contributed by atoms with Gasteiger partial charge in [0.05, 0.1) is 18.4 Å². The quantitative estimate of drug-likeness (QED) is 0.419. The minimum Gasteiger partial charge on any atom is -0.507 e. The number of aliphatic hydroxyl groups is 1. The van der Waals surface area contributed by atoms with Gasteiger partial charge < -0.3 is 19.8 Å². The predicted molar refractivity (Wildman–Crippen MR) is 103 cm³/mol. The van der Waals surface area contributed by atoms with Gasteiger partial charge in [-0.25, -0.2) is 0 Å². The van der Waals surface area contributed by atoms with Gasteiger partial charge in [-0.1, -0.05) is 6.07 Å². The fraction of sp³-hybridized carbons (Fsp3) is 0.238. The van der Waals surface area contributed by atoms with Crippen LogP contribution in [0.1, 0.15) is 30.1 Å². The summed E-state index contributed by atoms with van der Waals surface area (Å²) < 4.78 is 5.10. The zero-order chi connectivity index (χ0) is 21.0. The Morgan fingerprint density at radius 3 is 2.45 bits per heavy atom. The molecule has 2 heterocycles. The van der Waals surface area contributed by atoms with Crippen LogP contribution in [-0.2, 0) is 14.4 Å². The minimum atomic E-state index is -0.991. The average molecular weight is 396 g/mol. The minimum absolute atomic E-state index is 0.0531. The van der Waals surface area contributed by atoms with Crippen LogP contribution in [0.5, 0.6) is 5.75 Å². The molecule has 8 nitrogen and oxygen atoms in total. The molecule has 8 heteroatoms. The highest BCUT2D eigenvalue weighted by Crippen LogP contribution is 2.38. The third-order valence-electron chi connectivity index (χ3n) is 4.66. The number of Topliss-reactive ketones (excluding diaryl/α,β-unsaturated/α-hetero) is 1. The van der Waals surface area contributed by atoms with Crippen molar-refractivity contribution in [3.63, 3.8) is 0 Å². The van der Waals surface area contributed by atoms with Gasteiger partial charge >= 0.3 is 5.97 Å². The molecule has 0 bridgehead atoms. The van der Waals surface area contributed by atoms with Crippen LogP contribution in [0.4, 0.5) is 0 Å². The summed E-state index contributed by atoms with van der Waals surface area (Å²) in [4.78, 5) is 41.8. The Labute approximate surface area is 167 Å². The number of hydrogen-bond donors (Lipinski definition) is 2. The Morgan fingerprint density at radius 1 is 1.14 bits per heavy atom. The fourth-order valence-electron chi connectivity index (χ4n) is 3.26. The Morgan fingerprint density at radius 2 is 1.86 bits per heavy atom. The number of nitrogens with zero attached hydrogens (tertiary/aromatic N) is 2. The summed E-state index contributed by atoms with van der Waals surface area (Å²) in [7, 11) is 1.51. The van der Waals surface area contributed by atoms with Crippen molar-refractivity contribution in [3.8, 4) is 5.75 Å². The Balaban J connectivity index is 2.06. The number of methoxy groups -OCH3 is 1. The number of ketones is 1. The Bertz CT molecular complexity index is 953. The first-order valence-electron chi connectivity index (χ1n) is 8.99. The van der Waals surface area contributed by atoms with Gasteiger partial charge in [0, 0.05) is 24.7 Å². The summed E-state index contributed by atoms with van der Waals surface area (Å²) in [6, 6.07) is 10.6. The van der Waals surface area contributed by atoms with E-state index in [1.807, 2.05) is 0 Å². The summed E-state index contributed by atoms with van der Waals surface area (Å²) in [6.07, 6.45) is 1.56. The number of aliphatic hydroxyl groups excluding tert-OH is 1. The van der Waals surface area contributed by atoms with Crippen LogP contribution < -0.4 is 4.74 Å². The number of carbonyl (C=O) groups excluding carboxylic acids is 2. The van der Waals surface area contributed by atoms with E-state index in [1.165, 1.54) is 18.2 Å². The third-order valence-corrected chi connectivity index (χ3v) is 4.66. The molecule has 1 atom stereocenters. The lowest BCUT2D eigenvalue weighted by molar-refractivity contribution is -0.140. The van der Waals surface area contributed by atoms with Gasteiger partial charge in [-0.15, -0.1) is 0 Å². The highest BCUT2D eigenvalue weighted by Gasteiger charge is 2.46. The number of pyridine rings is 1. The van der Waals surface area contributed by atoms with E-state index in [0.29, 0.717) is 17.0 Å². The van der Waals surface area contributed by atoms with Crippen molar-refractivity contribution in [2.45, 2.75) is 18.9 Å². The number of carbonyl (C=O) groups is 3. The molecule has 29 heavy (non-hydrogen) atoms. The van der Waals surface area contributed by atoms with Crippen molar-refractivity contribution in [3.05, 3.63) is 65.5 Å². The van der Waals surface area contributed by atoms with E-state index in [2.05, 4.69) is 4.98 Å². The number of ether oxygens (including phenoxy) is 1. The fourth-order valence-corrected chi connectivity index (χ4v) is 3.26. The topological polar surface area (TPSA) is 117 Å². The molecule has 1 saturated heterocycles. The lowest BCUT2D eigenvalue weighted by Gasteiger charge is -2.24. The molecule has 1 aromatic carbocycles. The zero-order valence-corrected chi connectivity index (χ0v) is 15.7. The molecule has 150 valence electrons. The molecule has 1 aromatic heterocycles. The van der Waals surface area contributed by atoms with Gasteiger partial charge in [-0.05, 0) is 42.8 Å². The number of aromatic nitrogens is 1. The lowest BCUT2D eigenvalue weighted by Crippen LogP contribution is -2.31. The van der Waals surface area contributed by atoms with Crippen molar-refractivity contribution in [2.24, 2.45) is 0 Å². The molecule has 2 aromatic rings. The van der Waals surface area contributed by atoms with Crippen molar-refractivity contribution in [1.82, 2.24) is 9.88 Å². The second-order valence-electron chi connectivity index (χ2n) is 6.47. The van der Waals surface area contributed by atoms with Gasteiger partial charge in [0.15, 0.2) is 0 Å². The van der Waals surface area contributed by atoms with Gasteiger partial charge in [0.2, 0.25) is 0 Å². The van der Waals surface area contributed by atoms with Crippen molar-refractivity contribution in [1.29, 1.82) is 0 Å². The summed E-state index contributed by atoms with van der Waals surface area (Å²) in [6.45, 7) is 0.0531. The summed E-state index contributed by atoms with van der Waals surface area (Å²) in [5.74, 6) is -2.35. The summed E-state index contributed by atoms with van der Waals surface area (Å²) in [5, 5.41) is 19.7. The van der Waals surface area contributed by atoms with Gasteiger partial charge in [0.1, 0.15) is 17.6 Å². The van der Waals surface area contributed by atoms with Crippen molar-refractivity contribution in [2.75, 3.05) is 13.7 Å². The van der Waals surface area contributed by atoms with Crippen LogP contribution in [0.25, 0.3) is 5.76 Å². The Hall–Kier alpha value is -3.68. The first-order chi connectivity index (χ1) is 13.9. The third kappa shape index (κ3) is 4.11. The SMILES string of the molecule is COc1ccc(C(O)=C2C(=O)C(=O)N(CCCC(=O)O)C2c2ccccn2)cc1. The molecule has 0 aliphatic carbocycles. The molecule has 2 N–H and O–H groups in total. The number of carboxylic acids is 1. The number of aliphatic carboxylic acids is 1.